The van der Waals surface area contributed by atoms with E-state index in [-0.39, 0.29) is 0 Å². The third kappa shape index (κ3) is 3.02. The van der Waals surface area contributed by atoms with E-state index in [4.69, 9.17) is 0 Å². The van der Waals surface area contributed by atoms with Crippen LogP contribution in [0.15, 0.2) is 0 Å². The summed E-state index contributed by atoms with van der Waals surface area (Å²) < 4.78 is 0. The van der Waals surface area contributed by atoms with Gasteiger partial charge >= 0.3 is 0 Å². The molecule has 16 heavy (non-hydrogen) atoms. The van der Waals surface area contributed by atoms with E-state index in [1.807, 2.05) is 0 Å². The molecule has 0 spiro atoms. The minimum Gasteiger partial charge on any atom is -0.0651 e. The lowest BCUT2D eigenvalue weighted by Crippen LogP contribution is -2.27. The average molecular weight is 222 g/mol. The Balaban J connectivity index is 1.81. The van der Waals surface area contributed by atoms with E-state index in [0.29, 0.717) is 5.41 Å². The highest BCUT2D eigenvalue weighted by Crippen LogP contribution is 2.54. The van der Waals surface area contributed by atoms with Crippen molar-refractivity contribution < 1.29 is 0 Å². The fourth-order valence-electron chi connectivity index (χ4n) is 3.39. The summed E-state index contributed by atoms with van der Waals surface area (Å²) in [6.07, 6.45) is 13.5. The van der Waals surface area contributed by atoms with Crippen LogP contribution in [0, 0.1) is 23.2 Å². The van der Waals surface area contributed by atoms with Crippen molar-refractivity contribution in [3.05, 3.63) is 0 Å². The largest absolute Gasteiger partial charge is 0.0651 e. The van der Waals surface area contributed by atoms with Gasteiger partial charge < -0.3 is 0 Å². The maximum atomic E-state index is 2.60. The van der Waals surface area contributed by atoms with Crippen LogP contribution in [-0.2, 0) is 0 Å². The summed E-state index contributed by atoms with van der Waals surface area (Å²) in [5.74, 6) is 3.14. The molecule has 0 heteroatoms. The fraction of sp³-hybridized carbons (Fsp3) is 1.00. The van der Waals surface area contributed by atoms with Gasteiger partial charge in [0, 0.05) is 0 Å². The molecule has 2 unspecified atom stereocenters. The first-order valence-electron chi connectivity index (χ1n) is 7.64. The first-order valence-corrected chi connectivity index (χ1v) is 7.64. The second-order valence-corrected chi connectivity index (χ2v) is 6.98. The van der Waals surface area contributed by atoms with Crippen molar-refractivity contribution in [3.63, 3.8) is 0 Å². The molecule has 0 nitrogen and oxygen atoms in total. The van der Waals surface area contributed by atoms with Gasteiger partial charge in [0.25, 0.3) is 0 Å². The SMILES string of the molecule is CCC(C)CCC(C)(CC1CCC1)C1CC1. The van der Waals surface area contributed by atoms with Crippen LogP contribution in [0.25, 0.3) is 0 Å². The summed E-state index contributed by atoms with van der Waals surface area (Å²) in [5.41, 5.74) is 0.717. The van der Waals surface area contributed by atoms with Crippen molar-refractivity contribution in [1.82, 2.24) is 0 Å². The summed E-state index contributed by atoms with van der Waals surface area (Å²) in [4.78, 5) is 0. The monoisotopic (exact) mass is 222 g/mol. The normalized spacial score (nSPS) is 27.2. The lowest BCUT2D eigenvalue weighted by molar-refractivity contribution is 0.131. The molecule has 0 heterocycles. The van der Waals surface area contributed by atoms with Gasteiger partial charge in [0.2, 0.25) is 0 Å². The van der Waals surface area contributed by atoms with E-state index in [1.165, 1.54) is 51.4 Å². The highest BCUT2D eigenvalue weighted by Gasteiger charge is 2.42. The zero-order valence-corrected chi connectivity index (χ0v) is 11.6. The summed E-state index contributed by atoms with van der Waals surface area (Å²) in [6, 6.07) is 0. The molecule has 2 saturated carbocycles. The zero-order valence-electron chi connectivity index (χ0n) is 11.6. The molecule has 0 N–H and O–H groups in total. The molecule has 94 valence electrons. The van der Waals surface area contributed by atoms with Crippen LogP contribution in [0.1, 0.15) is 78.6 Å². The highest BCUT2D eigenvalue weighted by molar-refractivity contribution is 4.93. The van der Waals surface area contributed by atoms with Crippen molar-refractivity contribution in [1.29, 1.82) is 0 Å². The van der Waals surface area contributed by atoms with Crippen LogP contribution in [0.2, 0.25) is 0 Å². The van der Waals surface area contributed by atoms with Gasteiger partial charge in [-0.1, -0.05) is 52.9 Å². The van der Waals surface area contributed by atoms with E-state index in [2.05, 4.69) is 20.8 Å². The number of rotatable bonds is 7. The standard InChI is InChI=1S/C16H30/c1-4-13(2)10-11-16(3,15-8-9-15)12-14-6-5-7-14/h13-15H,4-12H2,1-3H3. The molecule has 2 atom stereocenters. The Morgan fingerprint density at radius 3 is 2.31 bits per heavy atom. The molecule has 2 aliphatic carbocycles. The van der Waals surface area contributed by atoms with Crippen molar-refractivity contribution >= 4 is 0 Å². The Morgan fingerprint density at radius 1 is 1.19 bits per heavy atom. The van der Waals surface area contributed by atoms with E-state index in [1.54, 1.807) is 6.42 Å². The van der Waals surface area contributed by atoms with E-state index in [9.17, 15) is 0 Å². The van der Waals surface area contributed by atoms with Gasteiger partial charge in [0.15, 0.2) is 0 Å². The minimum absolute atomic E-state index is 0.717. The lowest BCUT2D eigenvalue weighted by Gasteiger charge is -2.38. The van der Waals surface area contributed by atoms with Crippen molar-refractivity contribution in [2.24, 2.45) is 23.2 Å². The number of hydrogen-bond acceptors (Lipinski definition) is 0. The molecule has 0 amide bonds. The van der Waals surface area contributed by atoms with Gasteiger partial charge in [-0.2, -0.15) is 0 Å². The maximum Gasteiger partial charge on any atom is -0.0295 e. The molecule has 0 aliphatic heterocycles. The third-order valence-corrected chi connectivity index (χ3v) is 5.45. The second kappa shape index (κ2) is 5.10. The van der Waals surface area contributed by atoms with E-state index in [0.717, 1.165) is 17.8 Å². The Bertz CT molecular complexity index is 212. The van der Waals surface area contributed by atoms with Gasteiger partial charge in [-0.3, -0.25) is 0 Å². The summed E-state index contributed by atoms with van der Waals surface area (Å²) in [5, 5.41) is 0. The van der Waals surface area contributed by atoms with Crippen molar-refractivity contribution in [2.75, 3.05) is 0 Å². The average Bonchev–Trinajstić information content (AvgIpc) is 3.04. The van der Waals surface area contributed by atoms with Crippen molar-refractivity contribution in [3.8, 4) is 0 Å². The summed E-state index contributed by atoms with van der Waals surface area (Å²) in [7, 11) is 0. The summed E-state index contributed by atoms with van der Waals surface area (Å²) in [6.45, 7) is 7.37. The molecule has 2 fully saturated rings. The van der Waals surface area contributed by atoms with Crippen LogP contribution in [0.3, 0.4) is 0 Å². The molecule has 2 rings (SSSR count). The Morgan fingerprint density at radius 2 is 1.88 bits per heavy atom. The smallest absolute Gasteiger partial charge is 0.0295 e. The first-order chi connectivity index (χ1) is 7.64. The van der Waals surface area contributed by atoms with Gasteiger partial charge in [-0.25, -0.2) is 0 Å². The van der Waals surface area contributed by atoms with Gasteiger partial charge in [0.05, 0.1) is 0 Å². The molecule has 0 aromatic rings. The van der Waals surface area contributed by atoms with Crippen LogP contribution >= 0.6 is 0 Å². The summed E-state index contributed by atoms with van der Waals surface area (Å²) >= 11 is 0. The quantitative estimate of drug-likeness (QED) is 0.539. The van der Waals surface area contributed by atoms with Crippen LogP contribution in [0.4, 0.5) is 0 Å². The van der Waals surface area contributed by atoms with E-state index < -0.39 is 0 Å². The van der Waals surface area contributed by atoms with Gasteiger partial charge in [-0.05, 0) is 48.9 Å². The Kier molecular flexibility index (Phi) is 3.97. The molecular formula is C16H30. The molecule has 0 bridgehead atoms. The highest BCUT2D eigenvalue weighted by atomic mass is 14.5. The molecule has 0 radical (unpaired) electrons. The molecular weight excluding hydrogens is 192 g/mol. The van der Waals surface area contributed by atoms with Crippen LogP contribution in [0.5, 0.6) is 0 Å². The predicted molar refractivity (Wildman–Crippen MR) is 71.5 cm³/mol. The van der Waals surface area contributed by atoms with Gasteiger partial charge in [-0.15, -0.1) is 0 Å². The van der Waals surface area contributed by atoms with Crippen molar-refractivity contribution in [2.45, 2.75) is 78.6 Å². The zero-order chi connectivity index (χ0) is 11.6. The number of hydrogen-bond donors (Lipinski definition) is 0. The first kappa shape index (κ1) is 12.5. The third-order valence-electron chi connectivity index (χ3n) is 5.45. The maximum absolute atomic E-state index is 2.60. The van der Waals surface area contributed by atoms with E-state index >= 15 is 0 Å². The van der Waals surface area contributed by atoms with Crippen LogP contribution in [-0.4, -0.2) is 0 Å². The predicted octanol–water partition coefficient (Wildman–Crippen LogP) is 5.42. The molecule has 0 aromatic carbocycles. The topological polar surface area (TPSA) is 0 Å². The molecule has 0 aromatic heterocycles. The van der Waals surface area contributed by atoms with Gasteiger partial charge in [0.1, 0.15) is 0 Å². The Hall–Kier alpha value is 0. The molecule has 2 aliphatic rings. The lowest BCUT2D eigenvalue weighted by atomic mass is 9.67. The van der Waals surface area contributed by atoms with Crippen LogP contribution < -0.4 is 0 Å². The minimum atomic E-state index is 0.717. The molecule has 0 saturated heterocycles. The second-order valence-electron chi connectivity index (χ2n) is 6.98. The fourth-order valence-corrected chi connectivity index (χ4v) is 3.39. The Labute approximate surface area is 102 Å².